The first-order valence-corrected chi connectivity index (χ1v) is 7.50. The fourth-order valence-corrected chi connectivity index (χ4v) is 2.90. The van der Waals surface area contributed by atoms with Crippen molar-refractivity contribution in [2.24, 2.45) is 5.73 Å². The Morgan fingerprint density at radius 1 is 1.37 bits per heavy atom. The van der Waals surface area contributed by atoms with E-state index in [2.05, 4.69) is 48.2 Å². The van der Waals surface area contributed by atoms with Gasteiger partial charge in [-0.25, -0.2) is 4.98 Å². The molecule has 4 nitrogen and oxygen atoms in total. The smallest absolute Gasteiger partial charge is 0.138 e. The molecule has 0 aliphatic rings. The van der Waals surface area contributed by atoms with Crippen molar-refractivity contribution in [2.45, 2.75) is 37.8 Å². The van der Waals surface area contributed by atoms with E-state index in [4.69, 9.17) is 5.73 Å². The number of nitrogens with two attached hydrogens (primary N) is 1. The summed E-state index contributed by atoms with van der Waals surface area (Å²) < 4.78 is 1.90. The molecule has 1 heterocycles. The average Bonchev–Trinajstić information content (AvgIpc) is 2.85. The molecule has 0 spiro atoms. The maximum Gasteiger partial charge on any atom is 0.138 e. The summed E-state index contributed by atoms with van der Waals surface area (Å²) in [6, 6.07) is 8.49. The molecule has 0 aliphatic heterocycles. The summed E-state index contributed by atoms with van der Waals surface area (Å²) in [5.74, 6) is 1.86. The molecule has 1 unspecified atom stereocenters. The van der Waals surface area contributed by atoms with Crippen molar-refractivity contribution in [2.75, 3.05) is 5.75 Å². The molecule has 2 rings (SSSR count). The predicted molar refractivity (Wildman–Crippen MR) is 79.3 cm³/mol. The van der Waals surface area contributed by atoms with Gasteiger partial charge in [0.1, 0.15) is 12.2 Å². The summed E-state index contributed by atoms with van der Waals surface area (Å²) in [5.41, 5.74) is 7.49. The lowest BCUT2D eigenvalue weighted by atomic mass is 10.2. The second-order valence-corrected chi connectivity index (χ2v) is 5.59. The third-order valence-corrected chi connectivity index (χ3v) is 4.35. The number of hydrogen-bond donors (Lipinski definition) is 1. The van der Waals surface area contributed by atoms with E-state index in [1.54, 1.807) is 6.33 Å². The number of nitrogens with zero attached hydrogens (tertiary/aromatic N) is 3. The minimum absolute atomic E-state index is 0.0964. The maximum absolute atomic E-state index is 6.18. The minimum atomic E-state index is 0.0964. The lowest BCUT2D eigenvalue weighted by Gasteiger charge is -2.12. The van der Waals surface area contributed by atoms with Gasteiger partial charge in [-0.05, 0) is 25.5 Å². The molecular formula is C14H20N4S. The number of thioether (sulfide) groups is 1. The lowest BCUT2D eigenvalue weighted by molar-refractivity contribution is 0.588. The Hall–Kier alpha value is -1.33. The largest absolute Gasteiger partial charge is 0.327 e. The summed E-state index contributed by atoms with van der Waals surface area (Å²) in [5, 5.41) is 4.16. The second-order valence-electron chi connectivity index (χ2n) is 4.53. The van der Waals surface area contributed by atoms with Gasteiger partial charge in [0.2, 0.25) is 0 Å². The zero-order chi connectivity index (χ0) is 13.7. The van der Waals surface area contributed by atoms with Crippen molar-refractivity contribution in [3.05, 3.63) is 42.0 Å². The normalized spacial score (nSPS) is 12.6. The molecule has 0 bridgehead atoms. The zero-order valence-corrected chi connectivity index (χ0v) is 12.2. The van der Waals surface area contributed by atoms with Crippen molar-refractivity contribution in [1.82, 2.24) is 14.8 Å². The van der Waals surface area contributed by atoms with E-state index < -0.39 is 0 Å². The molecule has 0 saturated heterocycles. The highest BCUT2D eigenvalue weighted by Gasteiger charge is 2.10. The van der Waals surface area contributed by atoms with Crippen LogP contribution >= 0.6 is 11.8 Å². The van der Waals surface area contributed by atoms with Crippen LogP contribution in [0.5, 0.6) is 0 Å². The number of benzene rings is 1. The van der Waals surface area contributed by atoms with Crippen LogP contribution in [0.4, 0.5) is 0 Å². The van der Waals surface area contributed by atoms with Crippen LogP contribution in [-0.2, 0) is 13.0 Å². The Balaban J connectivity index is 1.88. The summed E-state index contributed by atoms with van der Waals surface area (Å²) in [6.45, 7) is 5.03. The fraction of sp³-hybridized carbons (Fsp3) is 0.429. The van der Waals surface area contributed by atoms with Crippen LogP contribution in [-0.4, -0.2) is 26.6 Å². The van der Waals surface area contributed by atoms with Gasteiger partial charge in [0.15, 0.2) is 0 Å². The Labute approximate surface area is 118 Å². The van der Waals surface area contributed by atoms with Gasteiger partial charge >= 0.3 is 0 Å². The van der Waals surface area contributed by atoms with Crippen LogP contribution in [0.15, 0.2) is 35.5 Å². The van der Waals surface area contributed by atoms with Crippen LogP contribution in [0.3, 0.4) is 0 Å². The van der Waals surface area contributed by atoms with Crippen LogP contribution in [0.2, 0.25) is 0 Å². The first-order chi connectivity index (χ1) is 9.20. The van der Waals surface area contributed by atoms with E-state index in [1.165, 1.54) is 10.5 Å². The summed E-state index contributed by atoms with van der Waals surface area (Å²) >= 11 is 1.81. The molecule has 0 aliphatic carbocycles. The van der Waals surface area contributed by atoms with E-state index in [0.29, 0.717) is 0 Å². The third kappa shape index (κ3) is 3.81. The van der Waals surface area contributed by atoms with Crippen molar-refractivity contribution >= 4 is 11.8 Å². The van der Waals surface area contributed by atoms with Crippen molar-refractivity contribution in [3.8, 4) is 0 Å². The van der Waals surface area contributed by atoms with Crippen LogP contribution < -0.4 is 5.73 Å². The standard InChI is InChI=1S/C14H20N4S/c1-3-18-14(16-10-17-18)8-12(15)9-19-13-7-5-4-6-11(13)2/h4-7,10,12H,3,8-9,15H2,1-2H3. The van der Waals surface area contributed by atoms with Crippen molar-refractivity contribution in [3.63, 3.8) is 0 Å². The molecule has 2 aromatic rings. The Bertz CT molecular complexity index is 524. The first-order valence-electron chi connectivity index (χ1n) is 6.51. The fourth-order valence-electron chi connectivity index (χ4n) is 1.92. The van der Waals surface area contributed by atoms with Gasteiger partial charge in [0.25, 0.3) is 0 Å². The quantitative estimate of drug-likeness (QED) is 0.822. The van der Waals surface area contributed by atoms with Crippen molar-refractivity contribution < 1.29 is 0 Å². The molecule has 0 fully saturated rings. The van der Waals surface area contributed by atoms with Crippen LogP contribution in [0.25, 0.3) is 0 Å². The van der Waals surface area contributed by atoms with Gasteiger partial charge in [-0.3, -0.25) is 4.68 Å². The highest BCUT2D eigenvalue weighted by molar-refractivity contribution is 7.99. The van der Waals surface area contributed by atoms with E-state index >= 15 is 0 Å². The Morgan fingerprint density at radius 2 is 2.16 bits per heavy atom. The molecule has 5 heteroatoms. The molecule has 0 saturated carbocycles. The number of hydrogen-bond acceptors (Lipinski definition) is 4. The topological polar surface area (TPSA) is 56.7 Å². The summed E-state index contributed by atoms with van der Waals surface area (Å²) in [4.78, 5) is 5.56. The summed E-state index contributed by atoms with van der Waals surface area (Å²) in [6.07, 6.45) is 2.37. The molecule has 1 aromatic heterocycles. The first kappa shape index (κ1) is 14.1. The Kier molecular flexibility index (Phi) is 4.99. The van der Waals surface area contributed by atoms with E-state index in [1.807, 2.05) is 16.4 Å². The zero-order valence-electron chi connectivity index (χ0n) is 11.4. The number of rotatable bonds is 6. The van der Waals surface area contributed by atoms with Gasteiger partial charge < -0.3 is 5.73 Å². The highest BCUT2D eigenvalue weighted by Crippen LogP contribution is 2.22. The number of aromatic nitrogens is 3. The van der Waals surface area contributed by atoms with Crippen LogP contribution in [0.1, 0.15) is 18.3 Å². The maximum atomic E-state index is 6.18. The molecule has 2 N–H and O–H groups in total. The predicted octanol–water partition coefficient (Wildman–Crippen LogP) is 2.27. The molecule has 0 amide bonds. The lowest BCUT2D eigenvalue weighted by Crippen LogP contribution is -2.27. The van der Waals surface area contributed by atoms with Gasteiger partial charge in [-0.2, -0.15) is 5.10 Å². The van der Waals surface area contributed by atoms with Gasteiger partial charge in [0.05, 0.1) is 0 Å². The van der Waals surface area contributed by atoms with Crippen LogP contribution in [0, 0.1) is 6.92 Å². The van der Waals surface area contributed by atoms with Gasteiger partial charge in [0, 0.05) is 29.7 Å². The Morgan fingerprint density at radius 3 is 2.89 bits per heavy atom. The SMILES string of the molecule is CCn1ncnc1CC(N)CSc1ccccc1C. The van der Waals surface area contributed by atoms with Gasteiger partial charge in [-0.1, -0.05) is 18.2 Å². The summed E-state index contributed by atoms with van der Waals surface area (Å²) in [7, 11) is 0. The van der Waals surface area contributed by atoms with E-state index in [0.717, 1.165) is 24.5 Å². The minimum Gasteiger partial charge on any atom is -0.327 e. The van der Waals surface area contributed by atoms with Gasteiger partial charge in [-0.15, -0.1) is 11.8 Å². The molecule has 1 aromatic carbocycles. The average molecular weight is 276 g/mol. The van der Waals surface area contributed by atoms with Crippen molar-refractivity contribution in [1.29, 1.82) is 0 Å². The molecule has 0 radical (unpaired) electrons. The molecule has 1 atom stereocenters. The molecular weight excluding hydrogens is 256 g/mol. The van der Waals surface area contributed by atoms with E-state index in [-0.39, 0.29) is 6.04 Å². The second kappa shape index (κ2) is 6.73. The molecule has 19 heavy (non-hydrogen) atoms. The van der Waals surface area contributed by atoms with E-state index in [9.17, 15) is 0 Å². The molecule has 102 valence electrons. The monoisotopic (exact) mass is 276 g/mol. The highest BCUT2D eigenvalue weighted by atomic mass is 32.2. The number of aryl methyl sites for hydroxylation is 2. The third-order valence-electron chi connectivity index (χ3n) is 2.99.